The van der Waals surface area contributed by atoms with Crippen LogP contribution in [0.25, 0.3) is 10.8 Å². The maximum absolute atomic E-state index is 15.0. The zero-order chi connectivity index (χ0) is 43.4. The van der Waals surface area contributed by atoms with Crippen LogP contribution in [0, 0.1) is 17.8 Å². The lowest BCUT2D eigenvalue weighted by Gasteiger charge is -2.35. The number of halogens is 2. The Morgan fingerprint density at radius 2 is 1.82 bits per heavy atom. The van der Waals surface area contributed by atoms with Crippen LogP contribution in [0.2, 0.25) is 0 Å². The molecule has 0 bridgehead atoms. The van der Waals surface area contributed by atoms with Crippen molar-refractivity contribution in [3.05, 3.63) is 36.5 Å². The van der Waals surface area contributed by atoms with E-state index in [0.29, 0.717) is 80.9 Å². The third kappa shape index (κ3) is 8.44. The molecular formula is C42H55F2N5O10S. The number of hydrogen-bond acceptors (Lipinski definition) is 11. The van der Waals surface area contributed by atoms with E-state index in [1.165, 1.54) is 4.90 Å². The van der Waals surface area contributed by atoms with Gasteiger partial charge in [0.2, 0.25) is 27.7 Å². The zero-order valence-electron chi connectivity index (χ0n) is 34.8. The summed E-state index contributed by atoms with van der Waals surface area (Å²) in [5.41, 5.74) is -3.84. The Kier molecular flexibility index (Phi) is 11.5. The number of amides is 4. The number of ether oxygens (including phenoxy) is 4. The molecule has 5 aliphatic rings. The topological polar surface area (TPSA) is 192 Å². The summed E-state index contributed by atoms with van der Waals surface area (Å²) in [7, 11) is -4.06. The summed E-state index contributed by atoms with van der Waals surface area (Å²) in [5.74, 6) is -5.40. The number of nitrogens with zero attached hydrogens (tertiary/aromatic N) is 2. The van der Waals surface area contributed by atoms with Gasteiger partial charge in [-0.2, -0.15) is 0 Å². The molecule has 2 saturated carbocycles. The Labute approximate surface area is 348 Å². The molecular weight excluding hydrogens is 805 g/mol. The van der Waals surface area contributed by atoms with E-state index in [4.69, 9.17) is 18.9 Å². The fourth-order valence-electron chi connectivity index (χ4n) is 8.28. The van der Waals surface area contributed by atoms with Gasteiger partial charge < -0.3 is 34.5 Å². The van der Waals surface area contributed by atoms with Gasteiger partial charge in [-0.3, -0.25) is 19.1 Å². The van der Waals surface area contributed by atoms with Crippen molar-refractivity contribution in [1.29, 1.82) is 0 Å². The summed E-state index contributed by atoms with van der Waals surface area (Å²) in [5, 5.41) is 6.72. The molecule has 2 aromatic rings. The highest BCUT2D eigenvalue weighted by molar-refractivity contribution is 7.91. The van der Waals surface area contributed by atoms with Crippen LogP contribution in [0.3, 0.4) is 0 Å². The number of alkyl carbamates (subject to hydrolysis) is 1. The van der Waals surface area contributed by atoms with E-state index in [-0.39, 0.29) is 31.2 Å². The fraction of sp³-hybridized carbons (Fsp3) is 0.643. The number of fused-ring (bicyclic) bond motifs is 5. The molecule has 0 spiro atoms. The van der Waals surface area contributed by atoms with Gasteiger partial charge in [-0.1, -0.05) is 32.4 Å². The summed E-state index contributed by atoms with van der Waals surface area (Å²) >= 11 is 0. The van der Waals surface area contributed by atoms with Gasteiger partial charge in [0.15, 0.2) is 17.1 Å². The van der Waals surface area contributed by atoms with Crippen LogP contribution in [0.4, 0.5) is 13.6 Å². The third-order valence-corrected chi connectivity index (χ3v) is 15.1. The van der Waals surface area contributed by atoms with Crippen molar-refractivity contribution in [1.82, 2.24) is 25.2 Å². The second kappa shape index (κ2) is 15.9. The Bertz CT molecular complexity index is 2180. The molecule has 328 valence electrons. The molecule has 3 fully saturated rings. The van der Waals surface area contributed by atoms with Gasteiger partial charge in [-0.15, -0.1) is 0 Å². The lowest BCUT2D eigenvalue weighted by molar-refractivity contribution is -0.152. The van der Waals surface area contributed by atoms with Crippen molar-refractivity contribution in [3.63, 3.8) is 0 Å². The second-order valence-corrected chi connectivity index (χ2v) is 20.1. The number of benzene rings is 1. The number of hydrogen-bond donors (Lipinski definition) is 3. The summed E-state index contributed by atoms with van der Waals surface area (Å²) in [6.45, 7) is 8.78. The molecule has 60 heavy (non-hydrogen) atoms. The number of carbonyl (C=O) groups excluding carboxylic acids is 4. The maximum atomic E-state index is 15.0. The molecule has 15 nitrogen and oxygen atoms in total. The number of sulfonamides is 1. The number of nitrogens with one attached hydrogen (secondary N) is 3. The largest absolute Gasteiger partial charge is 0.486 e. The Morgan fingerprint density at radius 3 is 2.52 bits per heavy atom. The van der Waals surface area contributed by atoms with Gasteiger partial charge in [0.05, 0.1) is 11.3 Å². The van der Waals surface area contributed by atoms with Crippen LogP contribution in [-0.2, 0) is 29.1 Å². The molecule has 18 heteroatoms. The molecule has 4 amide bonds. The average Bonchev–Trinajstić information content (AvgIpc) is 4.07. The smallest absolute Gasteiger partial charge is 0.408 e. The molecule has 7 atom stereocenters. The van der Waals surface area contributed by atoms with Crippen molar-refractivity contribution < 1.29 is 55.3 Å². The lowest BCUT2D eigenvalue weighted by Crippen LogP contribution is -2.60. The Balaban J connectivity index is 1.24. The lowest BCUT2D eigenvalue weighted by atomic mass is 9.85. The molecule has 4 heterocycles. The fourth-order valence-corrected chi connectivity index (χ4v) is 9.60. The minimum absolute atomic E-state index is 0.0220. The summed E-state index contributed by atoms with van der Waals surface area (Å²) in [6, 6.07) is 2.70. The highest BCUT2D eigenvalue weighted by atomic mass is 32.2. The Hall–Kier alpha value is -4.74. The number of carbonyl (C=O) groups is 4. The van der Waals surface area contributed by atoms with Crippen molar-refractivity contribution in [2.45, 2.75) is 133 Å². The van der Waals surface area contributed by atoms with E-state index < -0.39 is 85.7 Å². The number of allylic oxidation sites excluding steroid dienone is 1. The molecule has 7 rings (SSSR count). The highest BCUT2D eigenvalue weighted by Gasteiger charge is 2.63. The predicted octanol–water partition coefficient (Wildman–Crippen LogP) is 5.16. The van der Waals surface area contributed by atoms with Gasteiger partial charge in [0.1, 0.15) is 36.9 Å². The third-order valence-electron chi connectivity index (χ3n) is 13.0. The summed E-state index contributed by atoms with van der Waals surface area (Å²) in [4.78, 5) is 62.9. The van der Waals surface area contributed by atoms with E-state index in [9.17, 15) is 31.6 Å². The summed E-state index contributed by atoms with van der Waals surface area (Å²) in [6.07, 6.45) is 6.17. The minimum atomic E-state index is -4.06. The predicted molar refractivity (Wildman–Crippen MR) is 215 cm³/mol. The monoisotopic (exact) mass is 859 g/mol. The minimum Gasteiger partial charge on any atom is -0.486 e. The van der Waals surface area contributed by atoms with Crippen LogP contribution in [-0.4, -0.2) is 102 Å². The first-order valence-electron chi connectivity index (χ1n) is 20.8. The van der Waals surface area contributed by atoms with Crippen LogP contribution >= 0.6 is 0 Å². The van der Waals surface area contributed by atoms with E-state index in [0.717, 1.165) is 13.8 Å². The number of alkyl halides is 2. The van der Waals surface area contributed by atoms with E-state index in [1.54, 1.807) is 31.3 Å². The van der Waals surface area contributed by atoms with Crippen LogP contribution in [0.1, 0.15) is 92.9 Å². The van der Waals surface area contributed by atoms with E-state index >= 15 is 4.79 Å². The number of aromatic nitrogens is 1. The van der Waals surface area contributed by atoms with E-state index in [2.05, 4.69) is 20.3 Å². The van der Waals surface area contributed by atoms with Crippen LogP contribution in [0.15, 0.2) is 36.5 Å². The highest BCUT2D eigenvalue weighted by Crippen LogP contribution is 2.48. The first kappa shape index (κ1) is 43.4. The quantitative estimate of drug-likeness (QED) is 0.283. The molecule has 0 radical (unpaired) electrons. The normalized spacial score (nSPS) is 29.8. The standard InChI is InChI=1S/C42H55F2N5O10S/c1-7-25-20-24(2)10-8-9-11-26-22-42(26,37(52)48-60(54,55)40(5)15-16-40)47-34(50)30-21-27(23-49(30)36(51)32(25)46-38(53)59-39(3,4)41(6,43)44)58-35-29-12-13-31-33(57-19-18-56-31)28(29)14-17-45-35/h9,11-14,17,24-27,30,32H,7-8,10,15-16,18-23H2,1-6H3,(H,46,53)(H,47,50)(H,48,52)/b11-9-/t24-,25-,26?,27-,30+,32+,42-/m1/s1. The number of pyridine rings is 1. The molecule has 1 unspecified atom stereocenters. The van der Waals surface area contributed by atoms with Crippen molar-refractivity contribution >= 4 is 44.6 Å². The molecule has 1 saturated heterocycles. The van der Waals surface area contributed by atoms with Gasteiger partial charge in [-0.05, 0) is 89.3 Å². The van der Waals surface area contributed by atoms with Crippen molar-refractivity contribution in [2.75, 3.05) is 19.8 Å². The van der Waals surface area contributed by atoms with Crippen LogP contribution in [0.5, 0.6) is 17.4 Å². The zero-order valence-corrected chi connectivity index (χ0v) is 35.7. The van der Waals surface area contributed by atoms with Gasteiger partial charge in [0, 0.05) is 36.2 Å². The first-order chi connectivity index (χ1) is 28.2. The average molecular weight is 860 g/mol. The van der Waals surface area contributed by atoms with E-state index in [1.807, 2.05) is 26.0 Å². The second-order valence-electron chi connectivity index (χ2n) is 17.9. The van der Waals surface area contributed by atoms with Crippen molar-refractivity contribution in [3.8, 4) is 17.4 Å². The molecule has 1 aromatic heterocycles. The SMILES string of the molecule is CC[C@@H]1C[C@H](C)CC/C=C\C2C[C@@]2(C(=O)NS(=O)(=O)C2(C)CC2)NC(=O)[C@@H]2C[C@@H](Oc3nccc4c5c(ccc34)OCCO5)CN2C(=O)[C@H]1NC(=O)OC(C)(C)C(C)(F)F. The Morgan fingerprint density at radius 1 is 1.08 bits per heavy atom. The van der Waals surface area contributed by atoms with Crippen molar-refractivity contribution in [2.24, 2.45) is 17.8 Å². The molecule has 2 aliphatic carbocycles. The van der Waals surface area contributed by atoms with Gasteiger partial charge in [0.25, 0.3) is 11.8 Å². The van der Waals surface area contributed by atoms with Crippen LogP contribution < -0.4 is 29.6 Å². The number of rotatable bonds is 9. The molecule has 3 aliphatic heterocycles. The van der Waals surface area contributed by atoms with Gasteiger partial charge in [-0.25, -0.2) is 27.0 Å². The maximum Gasteiger partial charge on any atom is 0.408 e. The molecule has 3 N–H and O–H groups in total. The molecule has 1 aromatic carbocycles. The first-order valence-corrected chi connectivity index (χ1v) is 22.2. The summed E-state index contributed by atoms with van der Waals surface area (Å²) < 4.78 is 80.0. The van der Waals surface area contributed by atoms with Gasteiger partial charge >= 0.3 is 6.09 Å².